The van der Waals surface area contributed by atoms with Crippen LogP contribution in [0.4, 0.5) is 5.82 Å². The van der Waals surface area contributed by atoms with Crippen molar-refractivity contribution in [2.24, 2.45) is 0 Å². The Kier molecular flexibility index (Phi) is 4.18. The Labute approximate surface area is 114 Å². The van der Waals surface area contributed by atoms with Gasteiger partial charge in [-0.3, -0.25) is 9.78 Å². The predicted octanol–water partition coefficient (Wildman–Crippen LogP) is 2.20. The fraction of sp³-hybridized carbons (Fsp3) is 0.333. The molecule has 2 aromatic heterocycles. The number of carbonyl (C=O) groups is 1. The molecule has 1 atom stereocenters. The summed E-state index contributed by atoms with van der Waals surface area (Å²) in [7, 11) is 1.61. The second-order valence-corrected chi connectivity index (χ2v) is 4.92. The second kappa shape index (κ2) is 5.85. The van der Waals surface area contributed by atoms with E-state index >= 15 is 0 Å². The Balaban J connectivity index is 2.18. The maximum atomic E-state index is 12.1. The Bertz CT molecular complexity index is 570. The van der Waals surface area contributed by atoms with Gasteiger partial charge < -0.3 is 10.1 Å². The molecule has 1 N–H and O–H groups in total. The lowest BCUT2D eigenvalue weighted by Crippen LogP contribution is -2.12. The summed E-state index contributed by atoms with van der Waals surface area (Å²) in [6.45, 7) is 3.69. The SMILES string of the molecule is CO[C@H](C)c1nc(C)c(C(=O)Nc2cnccn2)s1. The number of hydrogen-bond acceptors (Lipinski definition) is 6. The van der Waals surface area contributed by atoms with Gasteiger partial charge in [0.2, 0.25) is 0 Å². The number of aromatic nitrogens is 3. The van der Waals surface area contributed by atoms with Crippen molar-refractivity contribution >= 4 is 23.1 Å². The van der Waals surface area contributed by atoms with Crippen LogP contribution in [-0.2, 0) is 4.74 Å². The zero-order valence-corrected chi connectivity index (χ0v) is 11.7. The molecular formula is C12H14N4O2S. The fourth-order valence-electron chi connectivity index (χ4n) is 1.44. The molecule has 0 aromatic carbocycles. The number of anilines is 1. The molecule has 0 spiro atoms. The van der Waals surface area contributed by atoms with Gasteiger partial charge >= 0.3 is 0 Å². The van der Waals surface area contributed by atoms with Crippen LogP contribution in [0.25, 0.3) is 0 Å². The first-order valence-corrected chi connectivity index (χ1v) is 6.51. The van der Waals surface area contributed by atoms with E-state index in [2.05, 4.69) is 20.3 Å². The van der Waals surface area contributed by atoms with Crippen LogP contribution in [0, 0.1) is 6.92 Å². The van der Waals surface area contributed by atoms with Crippen molar-refractivity contribution < 1.29 is 9.53 Å². The Morgan fingerprint density at radius 1 is 1.47 bits per heavy atom. The van der Waals surface area contributed by atoms with Crippen molar-refractivity contribution in [2.75, 3.05) is 12.4 Å². The summed E-state index contributed by atoms with van der Waals surface area (Å²) in [4.78, 5) is 24.9. The highest BCUT2D eigenvalue weighted by Crippen LogP contribution is 2.25. The summed E-state index contributed by atoms with van der Waals surface area (Å²) in [5, 5.41) is 3.47. The van der Waals surface area contributed by atoms with Crippen LogP contribution >= 0.6 is 11.3 Å². The standard InChI is InChI=1S/C12H14N4O2S/c1-7-10(19-12(15-7)8(2)18-3)11(17)16-9-6-13-4-5-14-9/h4-6,8H,1-3H3,(H,14,16,17)/t8-/m1/s1. The average Bonchev–Trinajstić information content (AvgIpc) is 2.81. The molecule has 0 radical (unpaired) electrons. The Morgan fingerprint density at radius 2 is 2.26 bits per heavy atom. The van der Waals surface area contributed by atoms with Crippen LogP contribution in [0.15, 0.2) is 18.6 Å². The lowest BCUT2D eigenvalue weighted by molar-refractivity contribution is 0.102. The minimum atomic E-state index is -0.231. The lowest BCUT2D eigenvalue weighted by Gasteiger charge is -2.03. The first kappa shape index (κ1) is 13.6. The quantitative estimate of drug-likeness (QED) is 0.927. The molecule has 19 heavy (non-hydrogen) atoms. The Morgan fingerprint density at radius 3 is 2.89 bits per heavy atom. The molecule has 0 saturated heterocycles. The molecule has 0 saturated carbocycles. The number of thiazole rings is 1. The molecule has 100 valence electrons. The molecule has 6 nitrogen and oxygen atoms in total. The monoisotopic (exact) mass is 278 g/mol. The smallest absolute Gasteiger partial charge is 0.268 e. The normalized spacial score (nSPS) is 12.2. The molecular weight excluding hydrogens is 264 g/mol. The maximum absolute atomic E-state index is 12.1. The van der Waals surface area contributed by atoms with Gasteiger partial charge in [0.05, 0.1) is 11.9 Å². The van der Waals surface area contributed by atoms with Gasteiger partial charge in [-0.05, 0) is 13.8 Å². The number of methoxy groups -OCH3 is 1. The minimum Gasteiger partial charge on any atom is -0.375 e. The van der Waals surface area contributed by atoms with Crippen molar-refractivity contribution in [2.45, 2.75) is 20.0 Å². The molecule has 0 aliphatic heterocycles. The van der Waals surface area contributed by atoms with E-state index in [1.165, 1.54) is 23.7 Å². The van der Waals surface area contributed by atoms with Gasteiger partial charge in [-0.25, -0.2) is 9.97 Å². The van der Waals surface area contributed by atoms with Crippen molar-refractivity contribution in [3.8, 4) is 0 Å². The zero-order valence-electron chi connectivity index (χ0n) is 10.9. The van der Waals surface area contributed by atoms with Crippen LogP contribution in [0.1, 0.15) is 33.4 Å². The van der Waals surface area contributed by atoms with Gasteiger partial charge in [-0.2, -0.15) is 0 Å². The lowest BCUT2D eigenvalue weighted by atomic mass is 10.3. The third-order valence-electron chi connectivity index (χ3n) is 2.53. The number of carbonyl (C=O) groups excluding carboxylic acids is 1. The number of nitrogens with zero attached hydrogens (tertiary/aromatic N) is 3. The molecule has 0 aliphatic carbocycles. The summed E-state index contributed by atoms with van der Waals surface area (Å²) in [5.41, 5.74) is 0.685. The number of aryl methyl sites for hydroxylation is 1. The van der Waals surface area contributed by atoms with E-state index in [0.717, 1.165) is 5.01 Å². The predicted molar refractivity (Wildman–Crippen MR) is 72.3 cm³/mol. The van der Waals surface area contributed by atoms with E-state index in [1.807, 2.05) is 6.92 Å². The minimum absolute atomic E-state index is 0.123. The third kappa shape index (κ3) is 3.12. The topological polar surface area (TPSA) is 77.0 Å². The number of rotatable bonds is 4. The van der Waals surface area contributed by atoms with Gasteiger partial charge in [0.25, 0.3) is 5.91 Å². The molecule has 0 unspecified atom stereocenters. The van der Waals surface area contributed by atoms with E-state index < -0.39 is 0 Å². The first-order chi connectivity index (χ1) is 9.11. The number of amides is 1. The summed E-state index contributed by atoms with van der Waals surface area (Å²) in [6.07, 6.45) is 4.44. The van der Waals surface area contributed by atoms with Gasteiger partial charge in [0, 0.05) is 19.5 Å². The summed E-state index contributed by atoms with van der Waals surface area (Å²) >= 11 is 1.32. The van der Waals surface area contributed by atoms with E-state index in [1.54, 1.807) is 20.2 Å². The molecule has 2 rings (SSSR count). The van der Waals surface area contributed by atoms with Crippen LogP contribution in [0.5, 0.6) is 0 Å². The van der Waals surface area contributed by atoms with Crippen LogP contribution in [0.2, 0.25) is 0 Å². The van der Waals surface area contributed by atoms with Crippen molar-refractivity contribution in [1.82, 2.24) is 15.0 Å². The van der Waals surface area contributed by atoms with Crippen molar-refractivity contribution in [1.29, 1.82) is 0 Å². The molecule has 2 aromatic rings. The third-order valence-corrected chi connectivity index (χ3v) is 3.84. The van der Waals surface area contributed by atoms with Crippen LogP contribution in [-0.4, -0.2) is 28.0 Å². The fourth-order valence-corrected chi connectivity index (χ4v) is 2.43. The molecule has 1 amide bonds. The largest absolute Gasteiger partial charge is 0.375 e. The molecule has 0 bridgehead atoms. The average molecular weight is 278 g/mol. The second-order valence-electron chi connectivity index (χ2n) is 3.89. The molecule has 0 fully saturated rings. The van der Waals surface area contributed by atoms with Gasteiger partial charge in [0.1, 0.15) is 16.0 Å². The number of nitrogens with one attached hydrogen (secondary N) is 1. The van der Waals surface area contributed by atoms with E-state index in [-0.39, 0.29) is 12.0 Å². The van der Waals surface area contributed by atoms with Gasteiger partial charge in [-0.15, -0.1) is 11.3 Å². The molecule has 0 aliphatic rings. The van der Waals surface area contributed by atoms with Crippen molar-refractivity contribution in [3.63, 3.8) is 0 Å². The first-order valence-electron chi connectivity index (χ1n) is 5.69. The van der Waals surface area contributed by atoms with E-state index in [4.69, 9.17) is 4.74 Å². The Hall–Kier alpha value is -1.86. The highest BCUT2D eigenvalue weighted by atomic mass is 32.1. The van der Waals surface area contributed by atoms with E-state index in [9.17, 15) is 4.79 Å². The summed E-state index contributed by atoms with van der Waals surface area (Å²) in [5.74, 6) is 0.187. The van der Waals surface area contributed by atoms with Gasteiger partial charge in [0.15, 0.2) is 5.82 Å². The summed E-state index contributed by atoms with van der Waals surface area (Å²) in [6, 6.07) is 0. The zero-order chi connectivity index (χ0) is 13.8. The number of hydrogen-bond donors (Lipinski definition) is 1. The highest BCUT2D eigenvalue weighted by molar-refractivity contribution is 7.14. The number of ether oxygens (including phenoxy) is 1. The highest BCUT2D eigenvalue weighted by Gasteiger charge is 2.18. The summed E-state index contributed by atoms with van der Waals surface area (Å²) < 4.78 is 5.20. The maximum Gasteiger partial charge on any atom is 0.268 e. The van der Waals surface area contributed by atoms with Gasteiger partial charge in [-0.1, -0.05) is 0 Å². The van der Waals surface area contributed by atoms with E-state index in [0.29, 0.717) is 16.4 Å². The molecule has 2 heterocycles. The van der Waals surface area contributed by atoms with Crippen LogP contribution in [0.3, 0.4) is 0 Å². The van der Waals surface area contributed by atoms with Crippen LogP contribution < -0.4 is 5.32 Å². The molecule has 7 heteroatoms. The van der Waals surface area contributed by atoms with Crippen molar-refractivity contribution in [3.05, 3.63) is 34.2 Å².